The number of piperazine rings is 1. The summed E-state index contributed by atoms with van der Waals surface area (Å²) in [7, 11) is 0. The van der Waals surface area contributed by atoms with Crippen molar-refractivity contribution in [2.75, 3.05) is 44.2 Å². The fourth-order valence-corrected chi connectivity index (χ4v) is 6.02. The summed E-state index contributed by atoms with van der Waals surface area (Å²) in [6.45, 7) is 2.71. The number of halogens is 3. The highest BCUT2D eigenvalue weighted by Crippen LogP contribution is 2.51. The number of hydrogen-bond donors (Lipinski definition) is 1. The van der Waals surface area contributed by atoms with Crippen LogP contribution in [0, 0.1) is 10.1 Å². The molecule has 1 aliphatic carbocycles. The van der Waals surface area contributed by atoms with Crippen LogP contribution in [0.5, 0.6) is 0 Å². The number of nitro benzene ring substituents is 1. The lowest BCUT2D eigenvalue weighted by Crippen LogP contribution is -2.47. The molecule has 40 heavy (non-hydrogen) atoms. The molecular formula is C30H31F3N4O3. The van der Waals surface area contributed by atoms with Gasteiger partial charge in [-0.2, -0.15) is 13.2 Å². The third-order valence-electron chi connectivity index (χ3n) is 7.97. The minimum atomic E-state index is -4.49. The van der Waals surface area contributed by atoms with E-state index < -0.39 is 29.0 Å². The summed E-state index contributed by atoms with van der Waals surface area (Å²) in [6, 6.07) is 21.6. The molecule has 1 aliphatic heterocycles. The number of unbranched alkanes of at least 4 members (excludes halogenated alkanes) is 1. The van der Waals surface area contributed by atoms with Crippen molar-refractivity contribution in [1.82, 2.24) is 10.2 Å². The molecule has 3 aromatic carbocycles. The molecule has 10 heteroatoms. The van der Waals surface area contributed by atoms with Gasteiger partial charge in [0.1, 0.15) is 12.0 Å². The van der Waals surface area contributed by atoms with E-state index in [0.29, 0.717) is 12.8 Å². The largest absolute Gasteiger partial charge is 0.405 e. The van der Waals surface area contributed by atoms with Crippen molar-refractivity contribution < 1.29 is 22.9 Å². The Labute approximate surface area is 230 Å². The van der Waals surface area contributed by atoms with Crippen LogP contribution in [0.1, 0.15) is 30.4 Å². The van der Waals surface area contributed by atoms with Crippen molar-refractivity contribution in [3.63, 3.8) is 0 Å². The van der Waals surface area contributed by atoms with Gasteiger partial charge in [-0.25, -0.2) is 0 Å². The number of non-ortho nitro benzene ring substituents is 1. The highest BCUT2D eigenvalue weighted by molar-refractivity contribution is 6.00. The molecule has 0 radical (unpaired) electrons. The molecule has 1 N–H and O–H groups in total. The van der Waals surface area contributed by atoms with Gasteiger partial charge in [0.15, 0.2) is 0 Å². The summed E-state index contributed by atoms with van der Waals surface area (Å²) in [6.07, 6.45) is -2.61. The van der Waals surface area contributed by atoms with E-state index in [-0.39, 0.29) is 5.69 Å². The van der Waals surface area contributed by atoms with Crippen LogP contribution < -0.4 is 10.2 Å². The molecule has 1 amide bonds. The van der Waals surface area contributed by atoms with Gasteiger partial charge >= 0.3 is 6.18 Å². The predicted molar refractivity (Wildman–Crippen MR) is 147 cm³/mol. The maximum Gasteiger partial charge on any atom is 0.405 e. The maximum atomic E-state index is 13.6. The summed E-state index contributed by atoms with van der Waals surface area (Å²) >= 11 is 0. The van der Waals surface area contributed by atoms with Gasteiger partial charge in [0.05, 0.1) is 4.92 Å². The summed E-state index contributed by atoms with van der Waals surface area (Å²) in [4.78, 5) is 28.6. The summed E-state index contributed by atoms with van der Waals surface area (Å²) in [5, 5.41) is 13.1. The zero-order chi connectivity index (χ0) is 28.3. The lowest BCUT2D eigenvalue weighted by Gasteiger charge is -2.36. The fourth-order valence-electron chi connectivity index (χ4n) is 6.02. The molecule has 1 fully saturated rings. The van der Waals surface area contributed by atoms with Gasteiger partial charge in [0.2, 0.25) is 5.91 Å². The minimum Gasteiger partial charge on any atom is -0.369 e. The van der Waals surface area contributed by atoms with Gasteiger partial charge < -0.3 is 10.2 Å². The van der Waals surface area contributed by atoms with Crippen molar-refractivity contribution in [3.8, 4) is 11.1 Å². The molecule has 0 atom stereocenters. The van der Waals surface area contributed by atoms with E-state index in [1.54, 1.807) is 12.1 Å². The highest BCUT2D eigenvalue weighted by atomic mass is 19.4. The summed E-state index contributed by atoms with van der Waals surface area (Å²) in [5.41, 5.74) is 3.15. The third kappa shape index (κ3) is 5.54. The second-order valence-corrected chi connectivity index (χ2v) is 10.4. The second kappa shape index (κ2) is 11.3. The Kier molecular flexibility index (Phi) is 7.80. The Morgan fingerprint density at radius 1 is 0.875 bits per heavy atom. The molecule has 0 bridgehead atoms. The third-order valence-corrected chi connectivity index (χ3v) is 7.97. The topological polar surface area (TPSA) is 78.7 Å². The van der Waals surface area contributed by atoms with E-state index in [2.05, 4.69) is 15.1 Å². The van der Waals surface area contributed by atoms with E-state index in [4.69, 9.17) is 0 Å². The van der Waals surface area contributed by atoms with E-state index in [0.717, 1.165) is 67.1 Å². The van der Waals surface area contributed by atoms with E-state index in [1.165, 1.54) is 12.1 Å². The number of hydrogen-bond acceptors (Lipinski definition) is 5. The number of nitro groups is 1. The Bertz CT molecular complexity index is 1320. The lowest BCUT2D eigenvalue weighted by molar-refractivity contribution is -0.384. The SMILES string of the molecule is O=C(NCC(F)(F)F)C1(CCCCN2CCN(c3ccc([N+](=O)[O-])cc3)CC2)c2ccccc2-c2ccccc21. The minimum absolute atomic E-state index is 0.0692. The Morgan fingerprint density at radius 3 is 2.00 bits per heavy atom. The molecular weight excluding hydrogens is 521 g/mol. The quantitative estimate of drug-likeness (QED) is 0.215. The first-order chi connectivity index (χ1) is 19.2. The number of nitrogens with zero attached hydrogens (tertiary/aromatic N) is 3. The summed E-state index contributed by atoms with van der Waals surface area (Å²) < 4.78 is 39.2. The van der Waals surface area contributed by atoms with Gasteiger partial charge in [-0.1, -0.05) is 55.0 Å². The molecule has 5 rings (SSSR count). The number of amides is 1. The molecule has 1 heterocycles. The average Bonchev–Trinajstić information content (AvgIpc) is 3.25. The van der Waals surface area contributed by atoms with Gasteiger partial charge in [0.25, 0.3) is 5.69 Å². The van der Waals surface area contributed by atoms with Crippen LogP contribution in [0.3, 0.4) is 0 Å². The molecule has 0 spiro atoms. The fraction of sp³-hybridized carbons (Fsp3) is 0.367. The Morgan fingerprint density at radius 2 is 1.45 bits per heavy atom. The molecule has 7 nitrogen and oxygen atoms in total. The van der Waals surface area contributed by atoms with E-state index in [9.17, 15) is 28.1 Å². The number of carbonyl (C=O) groups is 1. The van der Waals surface area contributed by atoms with Crippen LogP contribution in [0.2, 0.25) is 0 Å². The standard InChI is InChI=1S/C30H31F3N4O3/c31-30(32,33)21-34-28(38)29(26-9-3-1-7-24(26)25-8-2-4-10-27(25)29)15-5-6-16-35-17-19-36(20-18-35)22-11-13-23(14-12-22)37(39)40/h1-4,7-14H,5-6,15-21H2,(H,34,38). The molecule has 3 aromatic rings. The number of nitrogens with one attached hydrogen (secondary N) is 1. The highest BCUT2D eigenvalue weighted by Gasteiger charge is 2.49. The average molecular weight is 553 g/mol. The van der Waals surface area contributed by atoms with Crippen LogP contribution in [0.25, 0.3) is 11.1 Å². The molecule has 1 saturated heterocycles. The number of fused-ring (bicyclic) bond motifs is 3. The Balaban J connectivity index is 1.24. The smallest absolute Gasteiger partial charge is 0.369 e. The maximum absolute atomic E-state index is 13.6. The first kappa shape index (κ1) is 27.6. The van der Waals surface area contributed by atoms with E-state index in [1.807, 2.05) is 48.5 Å². The number of rotatable bonds is 9. The van der Waals surface area contributed by atoms with Crippen molar-refractivity contribution in [2.24, 2.45) is 0 Å². The number of carbonyl (C=O) groups excluding carboxylic acids is 1. The first-order valence-corrected chi connectivity index (χ1v) is 13.5. The van der Waals surface area contributed by atoms with Gasteiger partial charge in [0, 0.05) is 44.0 Å². The normalized spacial score (nSPS) is 16.3. The number of benzene rings is 3. The van der Waals surface area contributed by atoms with Crippen molar-refractivity contribution in [2.45, 2.75) is 30.9 Å². The van der Waals surface area contributed by atoms with Crippen LogP contribution in [-0.4, -0.2) is 61.2 Å². The Hall–Kier alpha value is -3.92. The van der Waals surface area contributed by atoms with Gasteiger partial charge in [-0.3, -0.25) is 19.8 Å². The van der Waals surface area contributed by atoms with Gasteiger partial charge in [-0.15, -0.1) is 0 Å². The van der Waals surface area contributed by atoms with Crippen LogP contribution in [0.4, 0.5) is 24.5 Å². The molecule has 2 aliphatic rings. The van der Waals surface area contributed by atoms with Crippen LogP contribution in [0.15, 0.2) is 72.8 Å². The zero-order valence-corrected chi connectivity index (χ0v) is 22.0. The van der Waals surface area contributed by atoms with Crippen LogP contribution >= 0.6 is 0 Å². The molecule has 210 valence electrons. The zero-order valence-electron chi connectivity index (χ0n) is 22.0. The molecule has 0 aromatic heterocycles. The molecule has 0 saturated carbocycles. The summed E-state index contributed by atoms with van der Waals surface area (Å²) in [5.74, 6) is -0.612. The van der Waals surface area contributed by atoms with Crippen molar-refractivity contribution in [1.29, 1.82) is 0 Å². The van der Waals surface area contributed by atoms with Crippen LogP contribution in [-0.2, 0) is 10.2 Å². The lowest BCUT2D eigenvalue weighted by atomic mass is 9.73. The predicted octanol–water partition coefficient (Wildman–Crippen LogP) is 5.53. The second-order valence-electron chi connectivity index (χ2n) is 10.4. The monoisotopic (exact) mass is 552 g/mol. The van der Waals surface area contributed by atoms with E-state index >= 15 is 0 Å². The van der Waals surface area contributed by atoms with Gasteiger partial charge in [-0.05, 0) is 53.8 Å². The number of alkyl halides is 3. The van der Waals surface area contributed by atoms with Crippen molar-refractivity contribution in [3.05, 3.63) is 94.0 Å². The number of anilines is 1. The van der Waals surface area contributed by atoms with Crippen molar-refractivity contribution >= 4 is 17.3 Å². The first-order valence-electron chi connectivity index (χ1n) is 13.5. The molecule has 0 unspecified atom stereocenters.